The van der Waals surface area contributed by atoms with Crippen LogP contribution in [0.4, 0.5) is 5.69 Å². The lowest BCUT2D eigenvalue weighted by Crippen LogP contribution is -2.27. The van der Waals surface area contributed by atoms with Crippen LogP contribution in [0.25, 0.3) is 0 Å². The van der Waals surface area contributed by atoms with E-state index in [1.807, 2.05) is 23.1 Å². The molecular weight excluding hydrogens is 254 g/mol. The molecule has 0 bridgehead atoms. The Morgan fingerprint density at radius 2 is 2.27 bits per heavy atom. The number of hydrogen-bond donors (Lipinski definition) is 0. The average Bonchev–Trinajstić information content (AvgIpc) is 2.59. The second-order valence-electron chi connectivity index (χ2n) is 3.86. The molecule has 0 aliphatic carbocycles. The van der Waals surface area contributed by atoms with Gasteiger partial charge in [-0.25, -0.2) is 0 Å². The van der Waals surface area contributed by atoms with E-state index in [1.54, 1.807) is 6.92 Å². The summed E-state index contributed by atoms with van der Waals surface area (Å²) in [6, 6.07) is 8.20. The van der Waals surface area contributed by atoms with Gasteiger partial charge in [0.05, 0.1) is 0 Å². The first-order valence-corrected chi connectivity index (χ1v) is 6.29. The maximum Gasteiger partial charge on any atom is 0.223 e. The summed E-state index contributed by atoms with van der Waals surface area (Å²) in [5, 5.41) is 0.984. The molecule has 1 aliphatic heterocycles. The van der Waals surface area contributed by atoms with Gasteiger partial charge >= 0.3 is 0 Å². The number of halogens is 1. The van der Waals surface area contributed by atoms with Crippen molar-refractivity contribution >= 4 is 27.5 Å². The molecule has 0 aromatic heterocycles. The molecule has 1 unspecified atom stereocenters. The number of anilines is 1. The summed E-state index contributed by atoms with van der Waals surface area (Å²) in [6.45, 7) is 2.47. The Morgan fingerprint density at radius 1 is 1.53 bits per heavy atom. The highest BCUT2D eigenvalue weighted by Gasteiger charge is 2.29. The third-order valence-electron chi connectivity index (χ3n) is 2.91. The Bertz CT molecular complexity index is 378. The number of rotatable bonds is 2. The molecule has 2 nitrogen and oxygen atoms in total. The minimum atomic E-state index is 0.138. The van der Waals surface area contributed by atoms with Crippen molar-refractivity contribution in [2.45, 2.75) is 19.3 Å². The molecule has 1 aliphatic rings. The zero-order chi connectivity index (χ0) is 10.8. The molecule has 80 valence electrons. The lowest BCUT2D eigenvalue weighted by Gasteiger charge is -2.14. The number of carbonyl (C=O) groups excluding carboxylic acids is 1. The van der Waals surface area contributed by atoms with Gasteiger partial charge in [-0.3, -0.25) is 4.79 Å². The SMILES string of the molecule is CC(=O)N1CC(CCBr)c2ccccc21. The fraction of sp³-hybridized carbons (Fsp3) is 0.417. The van der Waals surface area contributed by atoms with Gasteiger partial charge in [-0.15, -0.1) is 0 Å². The molecule has 0 N–H and O–H groups in total. The van der Waals surface area contributed by atoms with E-state index in [0.717, 1.165) is 24.0 Å². The zero-order valence-corrected chi connectivity index (χ0v) is 10.3. The first-order chi connectivity index (χ1) is 7.24. The normalized spacial score (nSPS) is 19.1. The van der Waals surface area contributed by atoms with Crippen LogP contribution in [0.3, 0.4) is 0 Å². The van der Waals surface area contributed by atoms with E-state index < -0.39 is 0 Å². The number of amides is 1. The highest BCUT2D eigenvalue weighted by Crippen LogP contribution is 2.37. The third-order valence-corrected chi connectivity index (χ3v) is 3.37. The maximum atomic E-state index is 11.5. The summed E-state index contributed by atoms with van der Waals surface area (Å²) in [5.41, 5.74) is 2.41. The van der Waals surface area contributed by atoms with Gasteiger partial charge in [-0.05, 0) is 18.1 Å². The topological polar surface area (TPSA) is 20.3 Å². The van der Waals surface area contributed by atoms with Gasteiger partial charge in [0.1, 0.15) is 0 Å². The first kappa shape index (κ1) is 10.7. The van der Waals surface area contributed by atoms with Gasteiger partial charge in [0.25, 0.3) is 0 Å². The molecule has 1 atom stereocenters. The van der Waals surface area contributed by atoms with Crippen LogP contribution in [0.2, 0.25) is 0 Å². The van der Waals surface area contributed by atoms with Crippen LogP contribution in [0.5, 0.6) is 0 Å². The summed E-state index contributed by atoms with van der Waals surface area (Å²) in [7, 11) is 0. The van der Waals surface area contributed by atoms with E-state index in [4.69, 9.17) is 0 Å². The third kappa shape index (κ3) is 1.93. The lowest BCUT2D eigenvalue weighted by atomic mass is 9.99. The highest BCUT2D eigenvalue weighted by molar-refractivity contribution is 9.09. The summed E-state index contributed by atoms with van der Waals surface area (Å²) < 4.78 is 0. The largest absolute Gasteiger partial charge is 0.312 e. The summed E-state index contributed by atoms with van der Waals surface area (Å²) in [4.78, 5) is 13.4. The minimum Gasteiger partial charge on any atom is -0.312 e. The Balaban J connectivity index is 2.35. The maximum absolute atomic E-state index is 11.5. The number of benzene rings is 1. The standard InChI is InChI=1S/C12H14BrNO/c1-9(15)14-8-10(6-7-13)11-4-2-3-5-12(11)14/h2-5,10H,6-8H2,1H3. The van der Waals surface area contributed by atoms with Crippen molar-refractivity contribution in [1.29, 1.82) is 0 Å². The van der Waals surface area contributed by atoms with Crippen molar-refractivity contribution in [3.63, 3.8) is 0 Å². The first-order valence-electron chi connectivity index (χ1n) is 5.17. The molecule has 0 radical (unpaired) electrons. The van der Waals surface area contributed by atoms with Gasteiger partial charge in [0, 0.05) is 30.4 Å². The zero-order valence-electron chi connectivity index (χ0n) is 8.74. The summed E-state index contributed by atoms with van der Waals surface area (Å²) in [5.74, 6) is 0.629. The van der Waals surface area contributed by atoms with Gasteiger partial charge in [0.15, 0.2) is 0 Å². The van der Waals surface area contributed by atoms with Crippen LogP contribution in [0.1, 0.15) is 24.8 Å². The van der Waals surface area contributed by atoms with Crippen molar-refractivity contribution in [3.05, 3.63) is 29.8 Å². The molecule has 0 saturated carbocycles. The van der Waals surface area contributed by atoms with Crippen LogP contribution in [0, 0.1) is 0 Å². The average molecular weight is 268 g/mol. The van der Waals surface area contributed by atoms with Gasteiger partial charge in [0.2, 0.25) is 5.91 Å². The Hall–Kier alpha value is -0.830. The van der Waals surface area contributed by atoms with Crippen molar-refractivity contribution in [2.75, 3.05) is 16.8 Å². The van der Waals surface area contributed by atoms with Crippen LogP contribution in [-0.4, -0.2) is 17.8 Å². The second kappa shape index (κ2) is 4.35. The Kier molecular flexibility index (Phi) is 3.10. The van der Waals surface area contributed by atoms with Crippen LogP contribution in [-0.2, 0) is 4.79 Å². The molecule has 2 rings (SSSR count). The number of nitrogens with zero attached hydrogens (tertiary/aromatic N) is 1. The molecule has 1 aromatic rings. The van der Waals surface area contributed by atoms with Gasteiger partial charge in [-0.2, -0.15) is 0 Å². The number of para-hydroxylation sites is 1. The molecule has 1 amide bonds. The minimum absolute atomic E-state index is 0.138. The van der Waals surface area contributed by atoms with Crippen molar-refractivity contribution in [1.82, 2.24) is 0 Å². The predicted molar refractivity (Wildman–Crippen MR) is 65.6 cm³/mol. The molecular formula is C12H14BrNO. The monoisotopic (exact) mass is 267 g/mol. The number of fused-ring (bicyclic) bond motifs is 1. The molecule has 1 aromatic carbocycles. The fourth-order valence-corrected chi connectivity index (χ4v) is 2.72. The Labute approximate surface area is 98.4 Å². The van der Waals surface area contributed by atoms with Crippen LogP contribution >= 0.6 is 15.9 Å². The van der Waals surface area contributed by atoms with Crippen molar-refractivity contribution in [3.8, 4) is 0 Å². The smallest absolute Gasteiger partial charge is 0.223 e. The van der Waals surface area contributed by atoms with Gasteiger partial charge in [-0.1, -0.05) is 34.1 Å². The molecule has 0 fully saturated rings. The molecule has 1 heterocycles. The van der Waals surface area contributed by atoms with E-state index in [-0.39, 0.29) is 5.91 Å². The second-order valence-corrected chi connectivity index (χ2v) is 4.66. The molecule has 0 saturated heterocycles. The van der Waals surface area contributed by atoms with E-state index in [2.05, 4.69) is 22.0 Å². The summed E-state index contributed by atoms with van der Waals surface area (Å²) in [6.07, 6.45) is 1.08. The predicted octanol–water partition coefficient (Wildman–Crippen LogP) is 2.92. The number of carbonyl (C=O) groups is 1. The van der Waals surface area contributed by atoms with E-state index >= 15 is 0 Å². The van der Waals surface area contributed by atoms with E-state index in [1.165, 1.54) is 5.56 Å². The van der Waals surface area contributed by atoms with Crippen molar-refractivity contribution < 1.29 is 4.79 Å². The molecule has 0 spiro atoms. The fourth-order valence-electron chi connectivity index (χ4n) is 2.17. The van der Waals surface area contributed by atoms with Gasteiger partial charge < -0.3 is 4.90 Å². The number of alkyl halides is 1. The Morgan fingerprint density at radius 3 is 2.93 bits per heavy atom. The molecule has 15 heavy (non-hydrogen) atoms. The summed E-state index contributed by atoms with van der Waals surface area (Å²) >= 11 is 3.46. The highest BCUT2D eigenvalue weighted by atomic mass is 79.9. The quantitative estimate of drug-likeness (QED) is 0.755. The van der Waals surface area contributed by atoms with Crippen LogP contribution in [0.15, 0.2) is 24.3 Å². The van der Waals surface area contributed by atoms with E-state index in [0.29, 0.717) is 5.92 Å². The van der Waals surface area contributed by atoms with Crippen molar-refractivity contribution in [2.24, 2.45) is 0 Å². The van der Waals surface area contributed by atoms with E-state index in [9.17, 15) is 4.79 Å². The lowest BCUT2D eigenvalue weighted by molar-refractivity contribution is -0.116. The number of hydrogen-bond acceptors (Lipinski definition) is 1. The van der Waals surface area contributed by atoms with Crippen LogP contribution < -0.4 is 4.90 Å². The molecule has 3 heteroatoms.